The van der Waals surface area contributed by atoms with Crippen molar-refractivity contribution in [1.29, 1.82) is 0 Å². The van der Waals surface area contributed by atoms with Crippen molar-refractivity contribution in [2.45, 2.75) is 26.4 Å². The van der Waals surface area contributed by atoms with Crippen LogP contribution < -0.4 is 25.8 Å². The van der Waals surface area contributed by atoms with Crippen LogP contribution in [0.1, 0.15) is 19.4 Å². The van der Waals surface area contributed by atoms with E-state index in [1.54, 1.807) is 37.6 Å². The van der Waals surface area contributed by atoms with Crippen molar-refractivity contribution in [3.05, 3.63) is 48.2 Å². The number of pyridine rings is 1. The predicted molar refractivity (Wildman–Crippen MR) is 105 cm³/mol. The first-order chi connectivity index (χ1) is 13.4. The minimum Gasteiger partial charge on any atom is -0.497 e. The van der Waals surface area contributed by atoms with Gasteiger partial charge >= 0.3 is 0 Å². The van der Waals surface area contributed by atoms with Gasteiger partial charge in [-0.05, 0) is 23.6 Å². The number of nitrogens with one attached hydrogen (secondary N) is 2. The second kappa shape index (κ2) is 10.3. The lowest BCUT2D eigenvalue weighted by Crippen LogP contribution is -2.47. The molecule has 2 rings (SSSR count). The molecular weight excluding hydrogens is 360 g/mol. The summed E-state index contributed by atoms with van der Waals surface area (Å²) in [6, 6.07) is 10.1. The Balaban J connectivity index is 1.79. The van der Waals surface area contributed by atoms with E-state index in [-0.39, 0.29) is 30.8 Å². The van der Waals surface area contributed by atoms with Gasteiger partial charge in [-0.15, -0.1) is 0 Å². The molecule has 0 radical (unpaired) electrons. The molecule has 28 heavy (non-hydrogen) atoms. The lowest BCUT2D eigenvalue weighted by molar-refractivity contribution is -0.127. The lowest BCUT2D eigenvalue weighted by atomic mass is 10.1. The second-order valence-electron chi connectivity index (χ2n) is 6.55. The van der Waals surface area contributed by atoms with Crippen LogP contribution in [-0.2, 0) is 16.1 Å². The van der Waals surface area contributed by atoms with Gasteiger partial charge in [-0.1, -0.05) is 26.0 Å². The van der Waals surface area contributed by atoms with E-state index in [0.29, 0.717) is 17.4 Å². The van der Waals surface area contributed by atoms with Crippen molar-refractivity contribution >= 4 is 11.8 Å². The summed E-state index contributed by atoms with van der Waals surface area (Å²) in [5, 5.41) is 5.24. The molecule has 0 aliphatic heterocycles. The van der Waals surface area contributed by atoms with Crippen LogP contribution in [0.2, 0.25) is 0 Å². The summed E-state index contributed by atoms with van der Waals surface area (Å²) < 4.78 is 10.8. The number of aromatic nitrogens is 1. The van der Waals surface area contributed by atoms with E-state index in [0.717, 1.165) is 5.56 Å². The zero-order valence-electron chi connectivity index (χ0n) is 16.3. The van der Waals surface area contributed by atoms with Gasteiger partial charge in [0.25, 0.3) is 0 Å². The molecule has 2 aromatic rings. The van der Waals surface area contributed by atoms with E-state index in [4.69, 9.17) is 15.2 Å². The Morgan fingerprint density at radius 2 is 1.89 bits per heavy atom. The smallest absolute Gasteiger partial charge is 0.239 e. The predicted octanol–water partition coefficient (Wildman–Crippen LogP) is 1.60. The zero-order chi connectivity index (χ0) is 20.5. The number of nitrogens with two attached hydrogens (primary N) is 1. The summed E-state index contributed by atoms with van der Waals surface area (Å²) in [4.78, 5) is 27.8. The van der Waals surface area contributed by atoms with Gasteiger partial charge in [-0.3, -0.25) is 9.59 Å². The topological polar surface area (TPSA) is 116 Å². The van der Waals surface area contributed by atoms with E-state index in [1.165, 1.54) is 0 Å². The molecule has 4 N–H and O–H groups in total. The summed E-state index contributed by atoms with van der Waals surface area (Å²) >= 11 is 0. The molecule has 0 unspecified atom stereocenters. The molecule has 1 heterocycles. The van der Waals surface area contributed by atoms with E-state index in [1.807, 2.05) is 26.0 Å². The number of ether oxygens (including phenoxy) is 2. The van der Waals surface area contributed by atoms with Crippen LogP contribution in [0.3, 0.4) is 0 Å². The molecule has 0 aliphatic rings. The fourth-order valence-electron chi connectivity index (χ4n) is 2.21. The maximum atomic E-state index is 11.9. The molecule has 0 saturated heterocycles. The van der Waals surface area contributed by atoms with E-state index < -0.39 is 6.04 Å². The summed E-state index contributed by atoms with van der Waals surface area (Å²) in [7, 11) is 1.59. The molecule has 2 amide bonds. The maximum Gasteiger partial charge on any atom is 0.239 e. The highest BCUT2D eigenvalue weighted by molar-refractivity contribution is 5.87. The molecule has 0 fully saturated rings. The SMILES string of the molecule is COc1cccc(Oc2ccc(CNC(=O)CNC(=O)[C@@H](N)C(C)C)cn2)c1. The highest BCUT2D eigenvalue weighted by Gasteiger charge is 2.17. The van der Waals surface area contributed by atoms with Crippen LogP contribution >= 0.6 is 0 Å². The fourth-order valence-corrected chi connectivity index (χ4v) is 2.21. The number of benzene rings is 1. The Labute approximate surface area is 164 Å². The molecule has 1 aromatic carbocycles. The van der Waals surface area contributed by atoms with Gasteiger partial charge in [0, 0.05) is 24.9 Å². The van der Waals surface area contributed by atoms with Crippen LogP contribution in [0.25, 0.3) is 0 Å². The third-order valence-electron chi connectivity index (χ3n) is 4.00. The first-order valence-corrected chi connectivity index (χ1v) is 8.96. The van der Waals surface area contributed by atoms with Crippen LogP contribution in [0, 0.1) is 5.92 Å². The van der Waals surface area contributed by atoms with Crippen molar-refractivity contribution in [3.8, 4) is 17.4 Å². The van der Waals surface area contributed by atoms with E-state index in [2.05, 4.69) is 15.6 Å². The first kappa shape index (κ1) is 21.2. The molecule has 150 valence electrons. The average molecular weight is 386 g/mol. The van der Waals surface area contributed by atoms with Crippen LogP contribution in [0.15, 0.2) is 42.6 Å². The molecule has 1 aromatic heterocycles. The molecular formula is C20H26N4O4. The van der Waals surface area contributed by atoms with Gasteiger partial charge in [0.15, 0.2) is 0 Å². The number of hydrogen-bond acceptors (Lipinski definition) is 6. The summed E-state index contributed by atoms with van der Waals surface area (Å²) in [6.07, 6.45) is 1.61. The highest BCUT2D eigenvalue weighted by atomic mass is 16.5. The van der Waals surface area contributed by atoms with Crippen LogP contribution in [0.5, 0.6) is 17.4 Å². The monoisotopic (exact) mass is 386 g/mol. The van der Waals surface area contributed by atoms with Gasteiger partial charge in [0.2, 0.25) is 17.7 Å². The molecule has 1 atom stereocenters. The lowest BCUT2D eigenvalue weighted by Gasteiger charge is -2.15. The van der Waals surface area contributed by atoms with Crippen molar-refractivity contribution in [2.75, 3.05) is 13.7 Å². The number of nitrogens with zero attached hydrogens (tertiary/aromatic N) is 1. The van der Waals surface area contributed by atoms with Gasteiger partial charge in [0.1, 0.15) is 11.5 Å². The number of carbonyl (C=O) groups is 2. The van der Waals surface area contributed by atoms with Crippen molar-refractivity contribution in [3.63, 3.8) is 0 Å². The van der Waals surface area contributed by atoms with Gasteiger partial charge in [-0.2, -0.15) is 0 Å². The Kier molecular flexibility index (Phi) is 7.76. The van der Waals surface area contributed by atoms with E-state index >= 15 is 0 Å². The normalized spacial score (nSPS) is 11.6. The molecule has 0 spiro atoms. The highest BCUT2D eigenvalue weighted by Crippen LogP contribution is 2.23. The average Bonchev–Trinajstić information content (AvgIpc) is 2.70. The summed E-state index contributed by atoms with van der Waals surface area (Å²) in [6.45, 7) is 3.86. The van der Waals surface area contributed by atoms with Crippen molar-refractivity contribution < 1.29 is 19.1 Å². The molecule has 8 nitrogen and oxygen atoms in total. The zero-order valence-corrected chi connectivity index (χ0v) is 16.3. The standard InChI is InChI=1S/C20H26N4O4/c1-13(2)19(21)20(26)24-12-17(25)22-10-14-7-8-18(23-11-14)28-16-6-4-5-15(9-16)27-3/h4-9,11,13,19H,10,12,21H2,1-3H3,(H,22,25)(H,24,26)/t19-/m0/s1. The van der Waals surface area contributed by atoms with Crippen molar-refractivity contribution in [1.82, 2.24) is 15.6 Å². The number of carbonyl (C=O) groups excluding carboxylic acids is 2. The minimum atomic E-state index is -0.630. The van der Waals surface area contributed by atoms with Crippen LogP contribution in [0.4, 0.5) is 0 Å². The van der Waals surface area contributed by atoms with Gasteiger partial charge < -0.3 is 25.8 Å². The number of methoxy groups -OCH3 is 1. The van der Waals surface area contributed by atoms with Crippen molar-refractivity contribution in [2.24, 2.45) is 11.7 Å². The van der Waals surface area contributed by atoms with Crippen LogP contribution in [-0.4, -0.2) is 36.5 Å². The molecule has 0 saturated carbocycles. The maximum absolute atomic E-state index is 11.9. The number of rotatable bonds is 9. The summed E-state index contributed by atoms with van der Waals surface area (Å²) in [5.74, 6) is 1.10. The molecule has 0 aliphatic carbocycles. The molecule has 8 heteroatoms. The minimum absolute atomic E-state index is 0.00634. The molecule has 0 bridgehead atoms. The van der Waals surface area contributed by atoms with E-state index in [9.17, 15) is 9.59 Å². The largest absolute Gasteiger partial charge is 0.497 e. The number of amides is 2. The summed E-state index contributed by atoms with van der Waals surface area (Å²) in [5.41, 5.74) is 6.53. The Hall–Kier alpha value is -3.13. The Morgan fingerprint density at radius 3 is 2.54 bits per heavy atom. The third kappa shape index (κ3) is 6.55. The van der Waals surface area contributed by atoms with Gasteiger partial charge in [-0.25, -0.2) is 4.98 Å². The third-order valence-corrected chi connectivity index (χ3v) is 4.00. The van der Waals surface area contributed by atoms with Gasteiger partial charge in [0.05, 0.1) is 19.7 Å². The quantitative estimate of drug-likeness (QED) is 0.603. The Morgan fingerprint density at radius 1 is 1.14 bits per heavy atom. The Bertz CT molecular complexity index is 793. The second-order valence-corrected chi connectivity index (χ2v) is 6.55. The first-order valence-electron chi connectivity index (χ1n) is 8.96. The number of hydrogen-bond donors (Lipinski definition) is 3. The fraction of sp³-hybridized carbons (Fsp3) is 0.350.